The topological polar surface area (TPSA) is 0 Å². The zero-order valence-corrected chi connectivity index (χ0v) is 24.7. The van der Waals surface area contributed by atoms with Gasteiger partial charge in [-0.25, -0.2) is 18.7 Å². The number of hydrogen-bond donors (Lipinski definition) is 0. The molecule has 180 valence electrons. The summed E-state index contributed by atoms with van der Waals surface area (Å²) in [4.78, 5) is 0. The van der Waals surface area contributed by atoms with E-state index in [2.05, 4.69) is 40.7 Å². The van der Waals surface area contributed by atoms with Crippen LogP contribution in [0.1, 0.15) is 27.7 Å². The Morgan fingerprint density at radius 2 is 1.45 bits per heavy atom. The third kappa shape index (κ3) is 8.62. The van der Waals surface area contributed by atoms with Crippen molar-refractivity contribution < 1.29 is 36.5 Å². The summed E-state index contributed by atoms with van der Waals surface area (Å²) in [6.07, 6.45) is 3.36. The molecule has 0 saturated carbocycles. The van der Waals surface area contributed by atoms with Crippen LogP contribution in [0.4, 0.5) is 13.2 Å². The molecule has 0 saturated heterocycles. The van der Waals surface area contributed by atoms with Crippen molar-refractivity contribution in [3.63, 3.8) is 0 Å². The molecule has 7 heteroatoms. The number of fused-ring (bicyclic) bond motifs is 1. The van der Waals surface area contributed by atoms with E-state index in [0.29, 0.717) is 23.6 Å². The molecule has 1 unspecified atom stereocenters. The summed E-state index contributed by atoms with van der Waals surface area (Å²) in [5.74, 6) is -2.12. The maximum absolute atomic E-state index is 13.7. The van der Waals surface area contributed by atoms with E-state index >= 15 is 0 Å². The molecular formula is C26H29Cl2F3SiZr-4. The number of rotatable bonds is 1. The van der Waals surface area contributed by atoms with Gasteiger partial charge in [0.1, 0.15) is 17.5 Å². The molecule has 0 heterocycles. The zero-order valence-electron chi connectivity index (χ0n) is 19.6. The van der Waals surface area contributed by atoms with E-state index in [-0.39, 0.29) is 45.2 Å². The molecule has 3 aromatic rings. The van der Waals surface area contributed by atoms with E-state index in [9.17, 15) is 13.2 Å². The fraction of sp³-hybridized carbons (Fsp3) is 0.192. The van der Waals surface area contributed by atoms with Crippen LogP contribution in [-0.2, 0) is 23.3 Å². The van der Waals surface area contributed by atoms with Crippen molar-refractivity contribution in [2.24, 2.45) is 5.92 Å². The van der Waals surface area contributed by atoms with Crippen molar-refractivity contribution in [1.29, 1.82) is 0 Å². The predicted octanol–water partition coefficient (Wildman–Crippen LogP) is 8.73. The Morgan fingerprint density at radius 3 is 1.88 bits per heavy atom. The molecule has 1 atom stereocenters. The first kappa shape index (κ1) is 36.6. The summed E-state index contributed by atoms with van der Waals surface area (Å²) in [5.41, 5.74) is 4.51. The summed E-state index contributed by atoms with van der Waals surface area (Å²) in [6, 6.07) is 12.1. The number of hydrogen-bond acceptors (Lipinski definition) is 0. The van der Waals surface area contributed by atoms with E-state index in [0.717, 1.165) is 10.8 Å². The van der Waals surface area contributed by atoms with Crippen LogP contribution in [0, 0.1) is 44.3 Å². The van der Waals surface area contributed by atoms with E-state index in [4.69, 9.17) is 0 Å². The first-order valence-electron chi connectivity index (χ1n) is 9.11. The van der Waals surface area contributed by atoms with Gasteiger partial charge in [-0.05, 0) is 0 Å². The molecule has 0 amide bonds. The van der Waals surface area contributed by atoms with Gasteiger partial charge in [0, 0.05) is 17.7 Å². The van der Waals surface area contributed by atoms with Gasteiger partial charge in [-0.2, -0.15) is 11.1 Å². The predicted molar refractivity (Wildman–Crippen MR) is 138 cm³/mol. The molecule has 0 aliphatic heterocycles. The van der Waals surface area contributed by atoms with Gasteiger partial charge in [-0.3, -0.25) is 6.08 Å². The Kier molecular flexibility index (Phi) is 18.4. The zero-order chi connectivity index (χ0) is 21.7. The fourth-order valence-corrected chi connectivity index (χ4v) is 3.33. The van der Waals surface area contributed by atoms with Gasteiger partial charge in [0.25, 0.3) is 0 Å². The Hall–Kier alpha value is -1.000. The Morgan fingerprint density at radius 1 is 0.939 bits per heavy atom. The minimum atomic E-state index is -0.912. The number of allylic oxidation sites excluding steroid dienone is 4. The molecule has 2 radical (unpaired) electrons. The molecule has 0 fully saturated rings. The third-order valence-corrected chi connectivity index (χ3v) is 5.19. The first-order valence-corrected chi connectivity index (χ1v) is 13.3. The molecular weight excluding hydrogens is 559 g/mol. The van der Waals surface area contributed by atoms with Gasteiger partial charge in [0.15, 0.2) is 0 Å². The second-order valence-corrected chi connectivity index (χ2v) is 6.88. The van der Waals surface area contributed by atoms with Gasteiger partial charge in [0.05, 0.1) is 0 Å². The fourth-order valence-electron chi connectivity index (χ4n) is 3.33. The Labute approximate surface area is 226 Å². The van der Waals surface area contributed by atoms with Crippen LogP contribution in [-0.4, -0.2) is 6.88 Å². The molecule has 0 bridgehead atoms. The molecule has 4 rings (SSSR count). The normalized spacial score (nSPS) is 13.5. The molecule has 1 aliphatic carbocycles. The minimum absolute atomic E-state index is 0. The van der Waals surface area contributed by atoms with Crippen molar-refractivity contribution in [2.75, 3.05) is 0 Å². The summed E-state index contributed by atoms with van der Waals surface area (Å²) in [5, 5.41) is 1.65. The van der Waals surface area contributed by atoms with Crippen molar-refractivity contribution in [3.8, 4) is 11.1 Å². The Balaban J connectivity index is -0.000000522. The van der Waals surface area contributed by atoms with Crippen LogP contribution >= 0.6 is 24.8 Å². The van der Waals surface area contributed by atoms with Gasteiger partial charge < -0.3 is 14.9 Å². The summed E-state index contributed by atoms with van der Waals surface area (Å²) in [7, 11) is 0. The van der Waals surface area contributed by atoms with E-state index < -0.39 is 17.5 Å². The first-order chi connectivity index (χ1) is 13.8. The molecule has 0 nitrogen and oxygen atoms in total. The maximum atomic E-state index is 13.7. The second-order valence-electron chi connectivity index (χ2n) is 6.88. The second kappa shape index (κ2) is 16.6. The number of halogens is 5. The van der Waals surface area contributed by atoms with E-state index in [1.54, 1.807) is 24.3 Å². The standard InChI is InChI=1S/C15H8F3.C9H13.2CH3.2ClH.Si.Zr/c16-10-7-13(17)15(14(18)8-10)12-6-5-9-3-1-2-4-11(9)12;1-6-5-7(2)9(4)8(6)3;;;;;;/h1-8H;6H,1-4H3;2*1H3;2*1H;;/q4*-1;;;;. The average Bonchev–Trinajstić information content (AvgIpc) is 3.20. The summed E-state index contributed by atoms with van der Waals surface area (Å²) < 4.78 is 40.3. The number of benzene rings is 2. The van der Waals surface area contributed by atoms with Gasteiger partial charge in [-0.15, -0.1) is 78.4 Å². The molecule has 3 aromatic carbocycles. The van der Waals surface area contributed by atoms with Crippen LogP contribution in [0.25, 0.3) is 21.9 Å². The average molecular weight is 589 g/mol. The van der Waals surface area contributed by atoms with Gasteiger partial charge in [0.2, 0.25) is 0 Å². The van der Waals surface area contributed by atoms with Crippen molar-refractivity contribution in [2.45, 2.75) is 27.7 Å². The van der Waals surface area contributed by atoms with Crippen LogP contribution in [0.15, 0.2) is 65.3 Å². The quantitative estimate of drug-likeness (QED) is 0.197. The molecule has 33 heavy (non-hydrogen) atoms. The molecule has 1 aliphatic rings. The SMILES string of the molecule is CC1=[C-]C(C)C(C)=C1C.Cl.Cl.Fc1cc(F)c(-c2c[cH-]c3ccccc23)c(F)c1.[CH3-].[CH3-].[Si]=[Zr]. The van der Waals surface area contributed by atoms with Crippen LogP contribution in [0.5, 0.6) is 0 Å². The van der Waals surface area contributed by atoms with Crippen LogP contribution in [0.3, 0.4) is 0 Å². The third-order valence-electron chi connectivity index (χ3n) is 5.19. The van der Waals surface area contributed by atoms with E-state index in [1.165, 1.54) is 40.1 Å². The van der Waals surface area contributed by atoms with E-state index in [1.807, 2.05) is 12.1 Å². The van der Waals surface area contributed by atoms with Crippen LogP contribution < -0.4 is 0 Å². The van der Waals surface area contributed by atoms with Gasteiger partial charge in [-0.1, -0.05) is 32.8 Å². The molecule has 0 aromatic heterocycles. The van der Waals surface area contributed by atoms with Crippen LogP contribution in [0.2, 0.25) is 0 Å². The van der Waals surface area contributed by atoms with Crippen molar-refractivity contribution >= 4 is 42.5 Å². The molecule has 0 N–H and O–H groups in total. The molecule has 0 spiro atoms. The van der Waals surface area contributed by atoms with Crippen molar-refractivity contribution in [3.05, 3.63) is 104 Å². The summed E-state index contributed by atoms with van der Waals surface area (Å²) >= 11 is 1.36. The Bertz CT molecular complexity index is 1070. The monoisotopic (exact) mass is 586 g/mol. The van der Waals surface area contributed by atoms with Crippen molar-refractivity contribution in [1.82, 2.24) is 0 Å². The van der Waals surface area contributed by atoms with Gasteiger partial charge >= 0.3 is 30.2 Å². The summed E-state index contributed by atoms with van der Waals surface area (Å²) in [6.45, 7) is 11.7.